The number of nitrogens with two attached hydrogens (primary N) is 1. The first-order valence-electron chi connectivity index (χ1n) is 5.07. The highest BCUT2D eigenvalue weighted by Crippen LogP contribution is 1.97. The van der Waals surface area contributed by atoms with Gasteiger partial charge in [-0.1, -0.05) is 0 Å². The number of carbonyl (C=O) groups excluding carboxylic acids is 1. The number of nitrogens with one attached hydrogen (secondary N) is 1. The van der Waals surface area contributed by atoms with Crippen LogP contribution in [0.25, 0.3) is 0 Å². The number of nitrogen functional groups attached to an aromatic ring is 1. The van der Waals surface area contributed by atoms with Crippen molar-refractivity contribution in [2.24, 2.45) is 0 Å². The number of carbonyl (C=O) groups is 1. The average molecular weight is 232 g/mol. The molecule has 17 heavy (non-hydrogen) atoms. The first-order valence-corrected chi connectivity index (χ1v) is 5.07. The molecular weight excluding hydrogens is 220 g/mol. The third-order valence-corrected chi connectivity index (χ3v) is 2.10. The van der Waals surface area contributed by atoms with E-state index in [0.29, 0.717) is 24.3 Å². The lowest BCUT2D eigenvalue weighted by atomic mass is 10.3. The second kappa shape index (κ2) is 5.06. The summed E-state index contributed by atoms with van der Waals surface area (Å²) in [5.74, 6) is -0.203. The zero-order valence-corrected chi connectivity index (χ0v) is 9.08. The molecule has 0 saturated carbocycles. The van der Waals surface area contributed by atoms with Crippen LogP contribution in [0.15, 0.2) is 31.1 Å². The normalized spacial score (nSPS) is 10.1. The van der Waals surface area contributed by atoms with Gasteiger partial charge in [-0.05, 0) is 0 Å². The molecule has 0 aliphatic carbocycles. The molecule has 7 heteroatoms. The van der Waals surface area contributed by atoms with Crippen LogP contribution in [0, 0.1) is 0 Å². The van der Waals surface area contributed by atoms with Crippen molar-refractivity contribution in [3.63, 3.8) is 0 Å². The second-order valence-electron chi connectivity index (χ2n) is 3.42. The summed E-state index contributed by atoms with van der Waals surface area (Å²) in [7, 11) is 0. The maximum atomic E-state index is 11.6. The second-order valence-corrected chi connectivity index (χ2v) is 3.42. The zero-order valence-electron chi connectivity index (χ0n) is 9.08. The predicted molar refractivity (Wildman–Crippen MR) is 61.0 cm³/mol. The molecule has 0 radical (unpaired) electrons. The molecule has 3 N–H and O–H groups in total. The molecule has 1 amide bonds. The van der Waals surface area contributed by atoms with Crippen LogP contribution in [-0.2, 0) is 6.54 Å². The fourth-order valence-corrected chi connectivity index (χ4v) is 1.30. The Labute approximate surface area is 97.7 Å². The molecule has 0 aliphatic rings. The van der Waals surface area contributed by atoms with Crippen LogP contribution in [-0.4, -0.2) is 32.2 Å². The number of aromatic nitrogens is 4. The summed E-state index contributed by atoms with van der Waals surface area (Å²) in [6.45, 7) is 1.03. The number of hydrogen-bond acceptors (Lipinski definition) is 5. The summed E-state index contributed by atoms with van der Waals surface area (Å²) >= 11 is 0. The first kappa shape index (κ1) is 11.1. The van der Waals surface area contributed by atoms with E-state index in [1.165, 1.54) is 18.7 Å². The molecule has 0 aromatic carbocycles. The lowest BCUT2D eigenvalue weighted by molar-refractivity contribution is 0.0951. The van der Waals surface area contributed by atoms with E-state index in [2.05, 4.69) is 20.4 Å². The van der Waals surface area contributed by atoms with E-state index in [-0.39, 0.29) is 5.91 Å². The van der Waals surface area contributed by atoms with E-state index in [1.807, 2.05) is 0 Å². The molecule has 2 rings (SSSR count). The van der Waals surface area contributed by atoms with Gasteiger partial charge < -0.3 is 11.1 Å². The largest absolute Gasteiger partial charge is 0.396 e. The summed E-state index contributed by atoms with van der Waals surface area (Å²) in [6.07, 6.45) is 7.58. The Hall–Kier alpha value is -2.44. The van der Waals surface area contributed by atoms with Crippen molar-refractivity contribution in [2.75, 3.05) is 12.3 Å². The predicted octanol–water partition coefficient (Wildman–Crippen LogP) is -0.315. The molecule has 0 saturated heterocycles. The Morgan fingerprint density at radius 3 is 2.76 bits per heavy atom. The highest BCUT2D eigenvalue weighted by molar-refractivity contribution is 5.93. The Morgan fingerprint density at radius 2 is 2.12 bits per heavy atom. The molecule has 0 bridgehead atoms. The van der Waals surface area contributed by atoms with E-state index in [0.717, 1.165) is 0 Å². The van der Waals surface area contributed by atoms with Crippen LogP contribution in [0.3, 0.4) is 0 Å². The van der Waals surface area contributed by atoms with Gasteiger partial charge in [-0.2, -0.15) is 5.10 Å². The van der Waals surface area contributed by atoms with Crippen molar-refractivity contribution in [2.45, 2.75) is 6.54 Å². The van der Waals surface area contributed by atoms with Gasteiger partial charge >= 0.3 is 0 Å². The molecule has 0 spiro atoms. The van der Waals surface area contributed by atoms with Crippen molar-refractivity contribution in [3.8, 4) is 0 Å². The number of amides is 1. The topological polar surface area (TPSA) is 98.7 Å². The van der Waals surface area contributed by atoms with Crippen LogP contribution in [0.1, 0.15) is 10.4 Å². The van der Waals surface area contributed by atoms with E-state index in [1.54, 1.807) is 17.1 Å². The highest BCUT2D eigenvalue weighted by Gasteiger charge is 2.04. The molecule has 0 aliphatic heterocycles. The van der Waals surface area contributed by atoms with Crippen LogP contribution in [0.5, 0.6) is 0 Å². The molecule has 0 unspecified atom stereocenters. The minimum absolute atomic E-state index is 0.203. The van der Waals surface area contributed by atoms with Crippen LogP contribution in [0.4, 0.5) is 5.69 Å². The van der Waals surface area contributed by atoms with Gasteiger partial charge in [0, 0.05) is 25.1 Å². The molecule has 2 aromatic heterocycles. The molecule has 2 heterocycles. The summed E-state index contributed by atoms with van der Waals surface area (Å²) < 4.78 is 1.66. The van der Waals surface area contributed by atoms with Gasteiger partial charge in [-0.15, -0.1) is 0 Å². The third kappa shape index (κ3) is 3.00. The maximum absolute atomic E-state index is 11.6. The maximum Gasteiger partial charge on any atom is 0.254 e. The average Bonchev–Trinajstić information content (AvgIpc) is 2.76. The van der Waals surface area contributed by atoms with Gasteiger partial charge in [0.25, 0.3) is 5.91 Å². The van der Waals surface area contributed by atoms with Gasteiger partial charge in [0.2, 0.25) is 0 Å². The smallest absolute Gasteiger partial charge is 0.254 e. The van der Waals surface area contributed by atoms with Crippen LogP contribution < -0.4 is 11.1 Å². The summed E-state index contributed by atoms with van der Waals surface area (Å²) in [6, 6.07) is 0. The van der Waals surface area contributed by atoms with Crippen molar-refractivity contribution in [1.82, 2.24) is 25.1 Å². The van der Waals surface area contributed by atoms with Crippen molar-refractivity contribution < 1.29 is 4.79 Å². The number of nitrogens with zero attached hydrogens (tertiary/aromatic N) is 4. The Kier molecular flexibility index (Phi) is 3.29. The lowest BCUT2D eigenvalue weighted by Crippen LogP contribution is -2.27. The number of hydrogen-bond donors (Lipinski definition) is 2. The molecule has 0 atom stereocenters. The number of anilines is 1. The minimum Gasteiger partial charge on any atom is -0.396 e. The lowest BCUT2D eigenvalue weighted by Gasteiger charge is -2.04. The van der Waals surface area contributed by atoms with Gasteiger partial charge in [-0.25, -0.2) is 9.97 Å². The first-order chi connectivity index (χ1) is 8.25. The quantitative estimate of drug-likeness (QED) is 0.753. The van der Waals surface area contributed by atoms with Gasteiger partial charge in [0.05, 0.1) is 24.0 Å². The van der Waals surface area contributed by atoms with Crippen LogP contribution in [0.2, 0.25) is 0 Å². The Bertz CT molecular complexity index is 495. The van der Waals surface area contributed by atoms with E-state index in [9.17, 15) is 4.79 Å². The fourth-order valence-electron chi connectivity index (χ4n) is 1.30. The Morgan fingerprint density at radius 1 is 1.35 bits per heavy atom. The van der Waals surface area contributed by atoms with Gasteiger partial charge in [0.15, 0.2) is 0 Å². The SMILES string of the molecule is Nc1cnn(CCNC(=O)c2cncnc2)c1. The van der Waals surface area contributed by atoms with Crippen molar-refractivity contribution in [3.05, 3.63) is 36.7 Å². The standard InChI is InChI=1S/C10H12N6O/c11-9-5-15-16(6-9)2-1-14-10(17)8-3-12-7-13-4-8/h3-7H,1-2,11H2,(H,14,17). The van der Waals surface area contributed by atoms with Gasteiger partial charge in [0.1, 0.15) is 6.33 Å². The molecule has 0 fully saturated rings. The highest BCUT2D eigenvalue weighted by atomic mass is 16.1. The minimum atomic E-state index is -0.203. The number of rotatable bonds is 4. The summed E-state index contributed by atoms with van der Waals surface area (Å²) in [4.78, 5) is 19.1. The van der Waals surface area contributed by atoms with E-state index >= 15 is 0 Å². The third-order valence-electron chi connectivity index (χ3n) is 2.10. The summed E-state index contributed by atoms with van der Waals surface area (Å²) in [5, 5.41) is 6.74. The molecule has 88 valence electrons. The fraction of sp³-hybridized carbons (Fsp3) is 0.200. The van der Waals surface area contributed by atoms with Crippen molar-refractivity contribution >= 4 is 11.6 Å². The molecule has 7 nitrogen and oxygen atoms in total. The zero-order chi connectivity index (χ0) is 12.1. The van der Waals surface area contributed by atoms with E-state index in [4.69, 9.17) is 5.73 Å². The monoisotopic (exact) mass is 232 g/mol. The van der Waals surface area contributed by atoms with Gasteiger partial charge in [-0.3, -0.25) is 9.48 Å². The van der Waals surface area contributed by atoms with Crippen LogP contribution >= 0.6 is 0 Å². The molecular formula is C10H12N6O. The summed E-state index contributed by atoms with van der Waals surface area (Å²) in [5.41, 5.74) is 6.56. The van der Waals surface area contributed by atoms with Crippen molar-refractivity contribution in [1.29, 1.82) is 0 Å². The van der Waals surface area contributed by atoms with E-state index < -0.39 is 0 Å². The Balaban J connectivity index is 1.81. The molecule has 2 aromatic rings.